The van der Waals surface area contributed by atoms with E-state index in [2.05, 4.69) is 0 Å². The smallest absolute Gasteiger partial charge is 0.303 e. The molecule has 1 rings (SSSR count). The van der Waals surface area contributed by atoms with Gasteiger partial charge in [-0.25, -0.2) is 12.7 Å². The maximum atomic E-state index is 12.0. The number of carboxylic acid groups (broad SMARTS) is 1. The van der Waals surface area contributed by atoms with Crippen LogP contribution in [0.25, 0.3) is 0 Å². The second-order valence-electron chi connectivity index (χ2n) is 4.92. The molecule has 1 fully saturated rings. The highest BCUT2D eigenvalue weighted by Crippen LogP contribution is 2.17. The third-order valence-corrected chi connectivity index (χ3v) is 5.25. The maximum absolute atomic E-state index is 12.0. The van der Waals surface area contributed by atoms with E-state index in [1.54, 1.807) is 0 Å². The molecule has 0 saturated carbocycles. The van der Waals surface area contributed by atoms with E-state index in [0.717, 1.165) is 6.42 Å². The lowest BCUT2D eigenvalue weighted by atomic mass is 10.1. The molecule has 7 nitrogen and oxygen atoms in total. The van der Waals surface area contributed by atoms with Gasteiger partial charge in [-0.05, 0) is 32.2 Å². The fourth-order valence-electron chi connectivity index (χ4n) is 2.15. The van der Waals surface area contributed by atoms with Crippen LogP contribution in [0.2, 0.25) is 0 Å². The van der Waals surface area contributed by atoms with Crippen molar-refractivity contribution in [2.75, 3.05) is 32.0 Å². The molecule has 0 radical (unpaired) electrons. The van der Waals surface area contributed by atoms with Gasteiger partial charge in [0.25, 0.3) is 0 Å². The zero-order chi connectivity index (χ0) is 15.0. The van der Waals surface area contributed by atoms with Gasteiger partial charge in [0, 0.05) is 26.1 Å². The van der Waals surface area contributed by atoms with Gasteiger partial charge in [0.05, 0.1) is 11.9 Å². The van der Waals surface area contributed by atoms with E-state index in [4.69, 9.17) is 15.6 Å². The zero-order valence-electron chi connectivity index (χ0n) is 11.7. The van der Waals surface area contributed by atoms with Crippen LogP contribution in [0.5, 0.6) is 0 Å². The molecule has 0 atom stereocenters. The fourth-order valence-corrected chi connectivity index (χ4v) is 3.68. The number of ether oxygens (including phenoxy) is 1. The normalized spacial score (nSPS) is 18.2. The standard InChI is InChI=1S/C12H24N2O5S/c13-6-2-9-19-11-4-7-14(8-5-11)20(17,18)10-1-3-12(15)16/h11H,1-10,13H2,(H,15,16). The van der Waals surface area contributed by atoms with Crippen LogP contribution in [0.15, 0.2) is 0 Å². The van der Waals surface area contributed by atoms with E-state index in [-0.39, 0.29) is 24.7 Å². The average molecular weight is 308 g/mol. The molecule has 0 unspecified atom stereocenters. The molecule has 0 aromatic carbocycles. The Morgan fingerprint density at radius 1 is 1.30 bits per heavy atom. The van der Waals surface area contributed by atoms with Gasteiger partial charge in [-0.3, -0.25) is 4.79 Å². The van der Waals surface area contributed by atoms with Crippen LogP contribution in [0.4, 0.5) is 0 Å². The van der Waals surface area contributed by atoms with Crippen molar-refractivity contribution in [3.8, 4) is 0 Å². The number of piperidine rings is 1. The first-order chi connectivity index (χ1) is 9.45. The van der Waals surface area contributed by atoms with Gasteiger partial charge in [-0.1, -0.05) is 0 Å². The minimum Gasteiger partial charge on any atom is -0.481 e. The number of hydrogen-bond acceptors (Lipinski definition) is 5. The number of nitrogens with two attached hydrogens (primary N) is 1. The number of sulfonamides is 1. The highest BCUT2D eigenvalue weighted by atomic mass is 32.2. The Balaban J connectivity index is 2.30. The molecule has 0 bridgehead atoms. The molecule has 1 aliphatic heterocycles. The van der Waals surface area contributed by atoms with Crippen LogP contribution < -0.4 is 5.73 Å². The Labute approximate surface area is 120 Å². The molecule has 0 amide bonds. The molecule has 1 heterocycles. The number of carboxylic acids is 1. The summed E-state index contributed by atoms with van der Waals surface area (Å²) in [6, 6.07) is 0. The fraction of sp³-hybridized carbons (Fsp3) is 0.917. The van der Waals surface area contributed by atoms with E-state index in [0.29, 0.717) is 39.1 Å². The van der Waals surface area contributed by atoms with Crippen LogP contribution in [-0.2, 0) is 19.6 Å². The highest BCUT2D eigenvalue weighted by Gasteiger charge is 2.27. The van der Waals surface area contributed by atoms with Crippen LogP contribution in [0.3, 0.4) is 0 Å². The van der Waals surface area contributed by atoms with E-state index in [1.807, 2.05) is 0 Å². The number of aliphatic carboxylic acids is 1. The Bertz CT molecular complexity index is 391. The number of carbonyl (C=O) groups is 1. The second-order valence-corrected chi connectivity index (χ2v) is 7.01. The van der Waals surface area contributed by atoms with Gasteiger partial charge in [0.15, 0.2) is 0 Å². The molecule has 20 heavy (non-hydrogen) atoms. The van der Waals surface area contributed by atoms with E-state index in [1.165, 1.54) is 4.31 Å². The van der Waals surface area contributed by atoms with Crippen LogP contribution in [0.1, 0.15) is 32.1 Å². The molecular formula is C12H24N2O5S. The average Bonchev–Trinajstić information content (AvgIpc) is 2.39. The van der Waals surface area contributed by atoms with Gasteiger partial charge in [0.1, 0.15) is 0 Å². The predicted molar refractivity (Wildman–Crippen MR) is 74.9 cm³/mol. The summed E-state index contributed by atoms with van der Waals surface area (Å²) in [4.78, 5) is 10.4. The Hall–Kier alpha value is -0.700. The number of nitrogens with zero attached hydrogens (tertiary/aromatic N) is 1. The molecule has 0 aliphatic carbocycles. The summed E-state index contributed by atoms with van der Waals surface area (Å²) in [7, 11) is -3.33. The quantitative estimate of drug-likeness (QED) is 0.581. The van der Waals surface area contributed by atoms with E-state index >= 15 is 0 Å². The van der Waals surface area contributed by atoms with Crippen LogP contribution >= 0.6 is 0 Å². The van der Waals surface area contributed by atoms with Crippen molar-refractivity contribution < 1.29 is 23.1 Å². The summed E-state index contributed by atoms with van der Waals surface area (Å²) in [5.74, 6) is -1.06. The Kier molecular flexibility index (Phi) is 7.42. The highest BCUT2D eigenvalue weighted by molar-refractivity contribution is 7.89. The van der Waals surface area contributed by atoms with Gasteiger partial charge >= 0.3 is 5.97 Å². The number of rotatable bonds is 9. The van der Waals surface area contributed by atoms with Crippen molar-refractivity contribution >= 4 is 16.0 Å². The van der Waals surface area contributed by atoms with Gasteiger partial charge < -0.3 is 15.6 Å². The van der Waals surface area contributed by atoms with Crippen molar-refractivity contribution in [1.82, 2.24) is 4.31 Å². The van der Waals surface area contributed by atoms with Crippen LogP contribution in [0, 0.1) is 0 Å². The number of hydrogen-bond donors (Lipinski definition) is 2. The molecule has 1 saturated heterocycles. The Morgan fingerprint density at radius 2 is 1.95 bits per heavy atom. The van der Waals surface area contributed by atoms with Crippen molar-refractivity contribution in [3.05, 3.63) is 0 Å². The lowest BCUT2D eigenvalue weighted by molar-refractivity contribution is -0.137. The minimum atomic E-state index is -3.33. The monoisotopic (exact) mass is 308 g/mol. The molecule has 8 heteroatoms. The SMILES string of the molecule is NCCCOC1CCN(S(=O)(=O)CCCC(=O)O)CC1. The van der Waals surface area contributed by atoms with Gasteiger partial charge in [-0.2, -0.15) is 0 Å². The molecular weight excluding hydrogens is 284 g/mol. The molecule has 0 spiro atoms. The van der Waals surface area contributed by atoms with Crippen molar-refractivity contribution in [3.63, 3.8) is 0 Å². The molecule has 0 aromatic heterocycles. The van der Waals surface area contributed by atoms with Crippen molar-refractivity contribution in [1.29, 1.82) is 0 Å². The zero-order valence-corrected chi connectivity index (χ0v) is 12.5. The topological polar surface area (TPSA) is 110 Å². The van der Waals surface area contributed by atoms with E-state index in [9.17, 15) is 13.2 Å². The largest absolute Gasteiger partial charge is 0.481 e. The van der Waals surface area contributed by atoms with Gasteiger partial charge in [0.2, 0.25) is 10.0 Å². The summed E-state index contributed by atoms with van der Waals surface area (Å²) in [6.45, 7) is 2.11. The first-order valence-corrected chi connectivity index (χ1v) is 8.58. The first-order valence-electron chi connectivity index (χ1n) is 6.97. The molecule has 1 aliphatic rings. The molecule has 0 aromatic rings. The lowest BCUT2D eigenvalue weighted by Crippen LogP contribution is -2.42. The summed E-state index contributed by atoms with van der Waals surface area (Å²) < 4.78 is 31.1. The predicted octanol–water partition coefficient (Wildman–Crippen LogP) is 0.0108. The van der Waals surface area contributed by atoms with Crippen molar-refractivity contribution in [2.45, 2.75) is 38.2 Å². The third-order valence-electron chi connectivity index (χ3n) is 3.29. The Morgan fingerprint density at radius 3 is 2.50 bits per heavy atom. The summed E-state index contributed by atoms with van der Waals surface area (Å²) >= 11 is 0. The van der Waals surface area contributed by atoms with Crippen molar-refractivity contribution in [2.24, 2.45) is 5.73 Å². The minimum absolute atomic E-state index is 0.0992. The summed E-state index contributed by atoms with van der Waals surface area (Å²) in [6.07, 6.45) is 2.33. The second kappa shape index (κ2) is 8.56. The van der Waals surface area contributed by atoms with Crippen LogP contribution in [-0.4, -0.2) is 61.9 Å². The van der Waals surface area contributed by atoms with E-state index < -0.39 is 16.0 Å². The maximum Gasteiger partial charge on any atom is 0.303 e. The first kappa shape index (κ1) is 17.4. The molecule has 3 N–H and O–H groups in total. The van der Waals surface area contributed by atoms with Gasteiger partial charge in [-0.15, -0.1) is 0 Å². The molecule has 118 valence electrons. The third kappa shape index (κ3) is 6.17. The lowest BCUT2D eigenvalue weighted by Gasteiger charge is -2.31. The summed E-state index contributed by atoms with van der Waals surface area (Å²) in [5, 5.41) is 8.52. The summed E-state index contributed by atoms with van der Waals surface area (Å²) in [5.41, 5.74) is 5.38.